The van der Waals surface area contributed by atoms with Crippen LogP contribution in [-0.4, -0.2) is 31.9 Å². The van der Waals surface area contributed by atoms with Gasteiger partial charge in [0.2, 0.25) is 0 Å². The Morgan fingerprint density at radius 3 is 2.50 bits per heavy atom. The smallest absolute Gasteiger partial charge is 0.257 e. The van der Waals surface area contributed by atoms with Crippen LogP contribution in [0.3, 0.4) is 0 Å². The van der Waals surface area contributed by atoms with Crippen LogP contribution in [-0.2, 0) is 16.4 Å². The molecule has 1 heterocycles. The fourth-order valence-electron chi connectivity index (χ4n) is 1.45. The van der Waals surface area contributed by atoms with E-state index in [4.69, 9.17) is 4.52 Å². The highest BCUT2D eigenvalue weighted by atomic mass is 32.2. The first kappa shape index (κ1) is 12.7. The molecule has 7 heteroatoms. The summed E-state index contributed by atoms with van der Waals surface area (Å²) >= 11 is 0. The van der Waals surface area contributed by atoms with Gasteiger partial charge >= 0.3 is 0 Å². The van der Waals surface area contributed by atoms with Crippen molar-refractivity contribution in [3.8, 4) is 11.5 Å². The molecule has 0 saturated heterocycles. The minimum Gasteiger partial charge on any atom is -0.334 e. The molecule has 1 aromatic heterocycles. The second-order valence-corrected chi connectivity index (χ2v) is 5.86. The number of sulfone groups is 1. The molecule has 0 bridgehead atoms. The lowest BCUT2D eigenvalue weighted by atomic mass is 10.2. The van der Waals surface area contributed by atoms with E-state index in [1.54, 1.807) is 19.2 Å². The fraction of sp³-hybridized carbons (Fsp3) is 0.273. The predicted octanol–water partition coefficient (Wildman–Crippen LogP) is 0.859. The fourth-order valence-corrected chi connectivity index (χ4v) is 2.08. The molecule has 0 spiro atoms. The number of hydrogen-bond acceptors (Lipinski definition) is 6. The van der Waals surface area contributed by atoms with Gasteiger partial charge in [0, 0.05) is 11.8 Å². The van der Waals surface area contributed by atoms with Crippen LogP contribution in [0.25, 0.3) is 11.5 Å². The van der Waals surface area contributed by atoms with Crippen LogP contribution in [0.4, 0.5) is 0 Å². The van der Waals surface area contributed by atoms with Gasteiger partial charge in [0.15, 0.2) is 15.7 Å². The lowest BCUT2D eigenvalue weighted by Crippen LogP contribution is -2.06. The van der Waals surface area contributed by atoms with Gasteiger partial charge in [-0.1, -0.05) is 5.16 Å². The second kappa shape index (κ2) is 4.87. The molecule has 1 aromatic carbocycles. The first-order valence-corrected chi connectivity index (χ1v) is 7.17. The Morgan fingerprint density at radius 1 is 1.28 bits per heavy atom. The molecule has 2 aromatic rings. The molecule has 0 aliphatic carbocycles. The van der Waals surface area contributed by atoms with E-state index in [1.807, 2.05) is 0 Å². The van der Waals surface area contributed by atoms with Crippen LogP contribution in [0.15, 0.2) is 33.7 Å². The standard InChI is InChI=1S/C11H13N3O3S/c1-12-7-10-13-11(17-14-10)8-3-5-9(6-4-8)18(2,15)16/h3-6,12H,7H2,1-2H3. The van der Waals surface area contributed by atoms with Crippen molar-refractivity contribution in [3.05, 3.63) is 30.1 Å². The normalized spacial score (nSPS) is 11.7. The highest BCUT2D eigenvalue weighted by Gasteiger charge is 2.10. The number of hydrogen-bond donors (Lipinski definition) is 1. The van der Waals surface area contributed by atoms with Gasteiger partial charge in [-0.25, -0.2) is 8.42 Å². The second-order valence-electron chi connectivity index (χ2n) is 3.84. The van der Waals surface area contributed by atoms with Crippen molar-refractivity contribution < 1.29 is 12.9 Å². The maximum Gasteiger partial charge on any atom is 0.257 e. The van der Waals surface area contributed by atoms with E-state index in [1.165, 1.54) is 18.4 Å². The largest absolute Gasteiger partial charge is 0.334 e. The summed E-state index contributed by atoms with van der Waals surface area (Å²) in [6.07, 6.45) is 1.17. The van der Waals surface area contributed by atoms with Gasteiger partial charge in [-0.05, 0) is 31.3 Å². The Hall–Kier alpha value is -1.73. The molecular weight excluding hydrogens is 254 g/mol. The van der Waals surface area contributed by atoms with Gasteiger partial charge in [-0.3, -0.25) is 0 Å². The third kappa shape index (κ3) is 2.74. The number of nitrogens with one attached hydrogen (secondary N) is 1. The molecule has 0 aliphatic rings. The summed E-state index contributed by atoms with van der Waals surface area (Å²) in [6.45, 7) is 0.519. The third-order valence-electron chi connectivity index (χ3n) is 2.33. The summed E-state index contributed by atoms with van der Waals surface area (Å²) in [4.78, 5) is 4.44. The van der Waals surface area contributed by atoms with E-state index in [0.29, 0.717) is 23.8 Å². The van der Waals surface area contributed by atoms with E-state index in [-0.39, 0.29) is 4.90 Å². The van der Waals surface area contributed by atoms with Crippen molar-refractivity contribution >= 4 is 9.84 Å². The van der Waals surface area contributed by atoms with Crippen molar-refractivity contribution in [1.82, 2.24) is 15.5 Å². The number of rotatable bonds is 4. The molecule has 0 atom stereocenters. The van der Waals surface area contributed by atoms with Crippen LogP contribution < -0.4 is 5.32 Å². The first-order valence-electron chi connectivity index (χ1n) is 5.28. The van der Waals surface area contributed by atoms with E-state index < -0.39 is 9.84 Å². The van der Waals surface area contributed by atoms with E-state index >= 15 is 0 Å². The van der Waals surface area contributed by atoms with Gasteiger partial charge in [-0.15, -0.1) is 0 Å². The number of aromatic nitrogens is 2. The van der Waals surface area contributed by atoms with Crippen LogP contribution in [0.5, 0.6) is 0 Å². The Kier molecular flexibility index (Phi) is 3.44. The lowest BCUT2D eigenvalue weighted by Gasteiger charge is -1.98. The monoisotopic (exact) mass is 267 g/mol. The summed E-state index contributed by atoms with van der Waals surface area (Å²) < 4.78 is 27.7. The zero-order valence-corrected chi connectivity index (χ0v) is 10.9. The molecule has 0 saturated carbocycles. The van der Waals surface area contributed by atoms with Gasteiger partial charge in [0.05, 0.1) is 11.4 Å². The molecule has 96 valence electrons. The van der Waals surface area contributed by atoms with Crippen molar-refractivity contribution in [2.24, 2.45) is 0 Å². The first-order chi connectivity index (χ1) is 8.50. The molecule has 0 aliphatic heterocycles. The summed E-state index contributed by atoms with van der Waals surface area (Å²) in [6, 6.07) is 6.33. The summed E-state index contributed by atoms with van der Waals surface area (Å²) in [5.41, 5.74) is 0.692. The zero-order valence-electron chi connectivity index (χ0n) is 10.0. The van der Waals surface area contributed by atoms with Crippen molar-refractivity contribution in [2.75, 3.05) is 13.3 Å². The number of benzene rings is 1. The molecule has 0 fully saturated rings. The van der Waals surface area contributed by atoms with Gasteiger partial charge in [0.1, 0.15) is 0 Å². The third-order valence-corrected chi connectivity index (χ3v) is 3.46. The molecule has 18 heavy (non-hydrogen) atoms. The molecule has 6 nitrogen and oxygen atoms in total. The molecule has 0 unspecified atom stereocenters. The van der Waals surface area contributed by atoms with Crippen LogP contribution in [0, 0.1) is 0 Å². The van der Waals surface area contributed by atoms with E-state index in [2.05, 4.69) is 15.5 Å². The topological polar surface area (TPSA) is 85.1 Å². The minimum absolute atomic E-state index is 0.265. The average molecular weight is 267 g/mol. The zero-order chi connectivity index (χ0) is 13.2. The SMILES string of the molecule is CNCc1noc(-c2ccc(S(C)(=O)=O)cc2)n1. The van der Waals surface area contributed by atoms with Crippen molar-refractivity contribution in [1.29, 1.82) is 0 Å². The highest BCUT2D eigenvalue weighted by Crippen LogP contribution is 2.19. The quantitative estimate of drug-likeness (QED) is 0.884. The van der Waals surface area contributed by atoms with Gasteiger partial charge in [0.25, 0.3) is 5.89 Å². The molecule has 0 amide bonds. The van der Waals surface area contributed by atoms with E-state index in [0.717, 1.165) is 0 Å². The summed E-state index contributed by atoms with van der Waals surface area (Å²) in [5, 5.41) is 6.70. The molecule has 2 rings (SSSR count). The average Bonchev–Trinajstić information content (AvgIpc) is 2.77. The molecule has 1 N–H and O–H groups in total. The maximum absolute atomic E-state index is 11.3. The Morgan fingerprint density at radius 2 is 1.94 bits per heavy atom. The Labute approximate surface area is 105 Å². The summed E-state index contributed by atoms with van der Waals surface area (Å²) in [7, 11) is -1.39. The minimum atomic E-state index is -3.18. The van der Waals surface area contributed by atoms with Crippen LogP contribution in [0.2, 0.25) is 0 Å². The molecular formula is C11H13N3O3S. The number of nitrogens with zero attached hydrogens (tertiary/aromatic N) is 2. The van der Waals surface area contributed by atoms with E-state index in [9.17, 15) is 8.42 Å². The highest BCUT2D eigenvalue weighted by molar-refractivity contribution is 7.90. The van der Waals surface area contributed by atoms with Crippen LogP contribution in [0.1, 0.15) is 5.82 Å². The molecule has 0 radical (unpaired) electrons. The lowest BCUT2D eigenvalue weighted by molar-refractivity contribution is 0.420. The Balaban J connectivity index is 2.28. The van der Waals surface area contributed by atoms with Crippen molar-refractivity contribution in [2.45, 2.75) is 11.4 Å². The van der Waals surface area contributed by atoms with Crippen molar-refractivity contribution in [3.63, 3.8) is 0 Å². The van der Waals surface area contributed by atoms with Gasteiger partial charge in [-0.2, -0.15) is 4.98 Å². The predicted molar refractivity (Wildman–Crippen MR) is 65.6 cm³/mol. The van der Waals surface area contributed by atoms with Crippen LogP contribution >= 0.6 is 0 Å². The Bertz CT molecular complexity index is 632. The van der Waals surface area contributed by atoms with Gasteiger partial charge < -0.3 is 9.84 Å². The maximum atomic E-state index is 11.3. The summed E-state index contributed by atoms with van der Waals surface area (Å²) in [5.74, 6) is 0.931.